The number of ether oxygens (including phenoxy) is 1. The van der Waals surface area contributed by atoms with Crippen LogP contribution in [0.2, 0.25) is 0 Å². The van der Waals surface area contributed by atoms with E-state index in [0.29, 0.717) is 6.42 Å². The molecular weight excluding hydrogens is 144 g/mol. The minimum atomic E-state index is -0.726. The summed E-state index contributed by atoms with van der Waals surface area (Å²) < 4.78 is 5.09. The molecule has 0 aromatic heterocycles. The van der Waals surface area contributed by atoms with Gasteiger partial charge < -0.3 is 9.84 Å². The third-order valence-corrected chi connectivity index (χ3v) is 1.71. The van der Waals surface area contributed by atoms with E-state index < -0.39 is 5.97 Å². The van der Waals surface area contributed by atoms with Crippen LogP contribution in [0.3, 0.4) is 0 Å². The lowest BCUT2D eigenvalue weighted by Gasteiger charge is -2.10. The molecule has 0 saturated heterocycles. The Labute approximate surface area is 67.4 Å². The summed E-state index contributed by atoms with van der Waals surface area (Å²) in [5.41, 5.74) is 0. The normalized spacial score (nSPS) is 12.9. The van der Waals surface area contributed by atoms with E-state index in [-0.39, 0.29) is 12.5 Å². The van der Waals surface area contributed by atoms with Crippen molar-refractivity contribution in [1.29, 1.82) is 0 Å². The molecule has 0 fully saturated rings. The second-order valence-electron chi connectivity index (χ2n) is 2.55. The van der Waals surface area contributed by atoms with Crippen LogP contribution in [-0.2, 0) is 9.53 Å². The van der Waals surface area contributed by atoms with Crippen molar-refractivity contribution in [3.8, 4) is 0 Å². The van der Waals surface area contributed by atoms with Crippen molar-refractivity contribution in [3.63, 3.8) is 0 Å². The van der Waals surface area contributed by atoms with Crippen molar-refractivity contribution in [2.24, 2.45) is 0 Å². The Kier molecular flexibility index (Phi) is 5.84. The van der Waals surface area contributed by atoms with Gasteiger partial charge in [0, 0.05) is 13.5 Å². The first-order valence-corrected chi connectivity index (χ1v) is 3.95. The van der Waals surface area contributed by atoms with Gasteiger partial charge in [0.25, 0.3) is 0 Å². The summed E-state index contributed by atoms with van der Waals surface area (Å²) in [6.45, 7) is 2.04. The van der Waals surface area contributed by atoms with E-state index in [0.717, 1.165) is 12.8 Å². The van der Waals surface area contributed by atoms with E-state index in [2.05, 4.69) is 0 Å². The number of aliphatic carboxylic acids is 1. The molecule has 0 aromatic carbocycles. The number of carboxylic acid groups (broad SMARTS) is 1. The molecule has 1 N–H and O–H groups in total. The van der Waals surface area contributed by atoms with Crippen LogP contribution < -0.4 is 0 Å². The minimum Gasteiger partial charge on any atom is -0.481 e. The molecule has 11 heavy (non-hydrogen) atoms. The first-order valence-electron chi connectivity index (χ1n) is 3.95. The molecule has 0 rings (SSSR count). The fourth-order valence-corrected chi connectivity index (χ4v) is 0.970. The maximum atomic E-state index is 10.1. The van der Waals surface area contributed by atoms with Crippen LogP contribution in [0.5, 0.6) is 0 Å². The molecule has 0 saturated carbocycles. The Bertz CT molecular complexity index is 108. The van der Waals surface area contributed by atoms with Crippen molar-refractivity contribution < 1.29 is 14.6 Å². The molecule has 0 spiro atoms. The molecule has 1 atom stereocenters. The van der Waals surface area contributed by atoms with Crippen LogP contribution in [0.15, 0.2) is 0 Å². The van der Waals surface area contributed by atoms with E-state index in [1.807, 2.05) is 6.92 Å². The van der Waals surface area contributed by atoms with Crippen LogP contribution >= 0.6 is 0 Å². The molecule has 0 aliphatic rings. The number of rotatable bonds is 6. The van der Waals surface area contributed by atoms with E-state index in [1.54, 1.807) is 7.11 Å². The number of methoxy groups -OCH3 is 1. The Balaban J connectivity index is 3.28. The van der Waals surface area contributed by atoms with Gasteiger partial charge in [-0.25, -0.2) is 0 Å². The molecular formula is C8H16O3. The largest absolute Gasteiger partial charge is 0.481 e. The molecule has 66 valence electrons. The minimum absolute atomic E-state index is 0.231. The average Bonchev–Trinajstić information content (AvgIpc) is 1.98. The topological polar surface area (TPSA) is 46.5 Å². The Morgan fingerprint density at radius 3 is 2.64 bits per heavy atom. The Morgan fingerprint density at radius 2 is 2.27 bits per heavy atom. The first kappa shape index (κ1) is 10.4. The Morgan fingerprint density at radius 1 is 1.64 bits per heavy atom. The second-order valence-corrected chi connectivity index (χ2v) is 2.55. The van der Waals surface area contributed by atoms with E-state index in [9.17, 15) is 4.79 Å². The molecule has 0 bridgehead atoms. The zero-order valence-electron chi connectivity index (χ0n) is 7.17. The van der Waals surface area contributed by atoms with Crippen molar-refractivity contribution in [2.45, 2.75) is 38.7 Å². The van der Waals surface area contributed by atoms with Gasteiger partial charge in [-0.3, -0.25) is 4.79 Å². The van der Waals surface area contributed by atoms with Gasteiger partial charge in [-0.15, -0.1) is 0 Å². The maximum Gasteiger partial charge on any atom is 0.303 e. The zero-order valence-corrected chi connectivity index (χ0v) is 7.17. The second kappa shape index (κ2) is 6.16. The highest BCUT2D eigenvalue weighted by Gasteiger charge is 2.04. The first-order chi connectivity index (χ1) is 5.20. The molecule has 1 unspecified atom stereocenters. The predicted octanol–water partition coefficient (Wildman–Crippen LogP) is 1.67. The highest BCUT2D eigenvalue weighted by molar-refractivity contribution is 5.66. The molecule has 0 amide bonds. The van der Waals surface area contributed by atoms with Crippen molar-refractivity contribution >= 4 is 5.97 Å². The number of carboxylic acids is 1. The Hall–Kier alpha value is -0.570. The smallest absolute Gasteiger partial charge is 0.303 e. The van der Waals surface area contributed by atoms with Crippen LogP contribution in [0.1, 0.15) is 32.6 Å². The maximum absolute atomic E-state index is 10.1. The summed E-state index contributed by atoms with van der Waals surface area (Å²) in [6, 6.07) is 0. The number of hydrogen-bond donors (Lipinski definition) is 1. The highest BCUT2D eigenvalue weighted by Crippen LogP contribution is 2.06. The average molecular weight is 160 g/mol. The van der Waals surface area contributed by atoms with Gasteiger partial charge in [0.2, 0.25) is 0 Å². The van der Waals surface area contributed by atoms with Gasteiger partial charge in [-0.2, -0.15) is 0 Å². The van der Waals surface area contributed by atoms with Crippen LogP contribution in [0.4, 0.5) is 0 Å². The fraction of sp³-hybridized carbons (Fsp3) is 0.875. The number of carbonyl (C=O) groups is 1. The lowest BCUT2D eigenvalue weighted by atomic mass is 10.1. The lowest BCUT2D eigenvalue weighted by molar-refractivity contribution is -0.137. The predicted molar refractivity (Wildman–Crippen MR) is 42.6 cm³/mol. The van der Waals surface area contributed by atoms with Crippen LogP contribution in [0.25, 0.3) is 0 Å². The summed E-state index contributed by atoms with van der Waals surface area (Å²) in [4.78, 5) is 10.1. The number of hydrogen-bond acceptors (Lipinski definition) is 2. The van der Waals surface area contributed by atoms with Crippen LogP contribution in [-0.4, -0.2) is 24.3 Å². The monoisotopic (exact) mass is 160 g/mol. The van der Waals surface area contributed by atoms with Crippen molar-refractivity contribution in [3.05, 3.63) is 0 Å². The van der Waals surface area contributed by atoms with Gasteiger partial charge in [0.05, 0.1) is 6.10 Å². The van der Waals surface area contributed by atoms with Gasteiger partial charge in [0.1, 0.15) is 0 Å². The van der Waals surface area contributed by atoms with Gasteiger partial charge >= 0.3 is 5.97 Å². The lowest BCUT2D eigenvalue weighted by Crippen LogP contribution is -2.09. The van der Waals surface area contributed by atoms with E-state index in [1.165, 1.54) is 0 Å². The fourth-order valence-electron chi connectivity index (χ4n) is 0.970. The van der Waals surface area contributed by atoms with Gasteiger partial charge in [-0.05, 0) is 19.3 Å². The molecule has 0 aliphatic heterocycles. The molecule has 0 aromatic rings. The molecule has 0 heterocycles. The molecule has 3 heteroatoms. The van der Waals surface area contributed by atoms with E-state index in [4.69, 9.17) is 9.84 Å². The standard InChI is InChI=1S/C8H16O3/c1-3-7(11-2)5-4-6-8(9)10/h7H,3-6H2,1-2H3,(H,9,10). The SMILES string of the molecule is CCC(CCCC(=O)O)OC. The highest BCUT2D eigenvalue weighted by atomic mass is 16.5. The summed E-state index contributed by atoms with van der Waals surface area (Å²) in [7, 11) is 1.66. The third-order valence-electron chi connectivity index (χ3n) is 1.71. The van der Waals surface area contributed by atoms with Crippen LogP contribution in [0, 0.1) is 0 Å². The molecule has 3 nitrogen and oxygen atoms in total. The summed E-state index contributed by atoms with van der Waals surface area (Å²) in [5.74, 6) is -0.726. The molecule has 0 radical (unpaired) electrons. The molecule has 0 aliphatic carbocycles. The van der Waals surface area contributed by atoms with Crippen molar-refractivity contribution in [1.82, 2.24) is 0 Å². The zero-order chi connectivity index (χ0) is 8.69. The third kappa shape index (κ3) is 5.85. The summed E-state index contributed by atoms with van der Waals surface area (Å²) in [6.07, 6.45) is 2.99. The van der Waals surface area contributed by atoms with Gasteiger partial charge in [0.15, 0.2) is 0 Å². The summed E-state index contributed by atoms with van der Waals surface area (Å²) >= 11 is 0. The quantitative estimate of drug-likeness (QED) is 0.642. The van der Waals surface area contributed by atoms with Crippen molar-refractivity contribution in [2.75, 3.05) is 7.11 Å². The van der Waals surface area contributed by atoms with E-state index >= 15 is 0 Å². The van der Waals surface area contributed by atoms with Gasteiger partial charge in [-0.1, -0.05) is 6.92 Å². The summed E-state index contributed by atoms with van der Waals surface area (Å²) in [5, 5.41) is 8.33.